The molecule has 128 valence electrons. The molecular weight excluding hydrogens is 327 g/mol. The van der Waals surface area contributed by atoms with Gasteiger partial charge >= 0.3 is 11.9 Å². The van der Waals surface area contributed by atoms with Crippen LogP contribution in [-0.4, -0.2) is 30.0 Å². The Balaban J connectivity index is 3.35. The lowest BCUT2D eigenvalue weighted by atomic mass is 10.1. The molecule has 0 fully saturated rings. The number of hydrogen-bond donors (Lipinski definition) is 0. The van der Waals surface area contributed by atoms with Gasteiger partial charge in [0, 0.05) is 0 Å². The molecule has 0 aromatic carbocycles. The second kappa shape index (κ2) is 15.2. The van der Waals surface area contributed by atoms with Crippen LogP contribution in [0.25, 0.3) is 0 Å². The highest BCUT2D eigenvalue weighted by atomic mass is 35.5. The highest BCUT2D eigenvalue weighted by molar-refractivity contribution is 6.44. The van der Waals surface area contributed by atoms with E-state index < -0.39 is 10.8 Å². The third-order valence-electron chi connectivity index (χ3n) is 2.97. The van der Waals surface area contributed by atoms with Crippen molar-refractivity contribution >= 4 is 35.1 Å². The van der Waals surface area contributed by atoms with Crippen molar-refractivity contribution in [2.75, 3.05) is 13.2 Å². The van der Waals surface area contributed by atoms with Crippen molar-refractivity contribution < 1.29 is 19.1 Å². The van der Waals surface area contributed by atoms with E-state index >= 15 is 0 Å². The maximum atomic E-state index is 11.4. The molecule has 0 unspecified atom stereocenters. The normalized spacial score (nSPS) is 10.5. The summed E-state index contributed by atoms with van der Waals surface area (Å²) in [4.78, 5) is 21.9. The van der Waals surface area contributed by atoms with Gasteiger partial charge in [-0.1, -0.05) is 31.8 Å². The molecule has 6 heteroatoms. The molecule has 0 aliphatic carbocycles. The fourth-order valence-corrected chi connectivity index (χ4v) is 1.91. The van der Waals surface area contributed by atoms with E-state index in [1.54, 1.807) is 0 Å². The molecule has 0 aliphatic heterocycles. The highest BCUT2D eigenvalue weighted by Gasteiger charge is 2.10. The van der Waals surface area contributed by atoms with E-state index in [1.165, 1.54) is 19.3 Å². The van der Waals surface area contributed by atoms with E-state index in [-0.39, 0.29) is 25.4 Å². The summed E-state index contributed by atoms with van der Waals surface area (Å²) in [5.74, 6) is -0.876. The summed E-state index contributed by atoms with van der Waals surface area (Å²) in [7, 11) is 0. The van der Waals surface area contributed by atoms with Gasteiger partial charge in [0.2, 0.25) is 0 Å². The van der Waals surface area contributed by atoms with Crippen LogP contribution in [0.15, 0.2) is 12.7 Å². The molecule has 0 saturated heterocycles. The molecule has 0 rings (SSSR count). The van der Waals surface area contributed by atoms with Crippen molar-refractivity contribution in [3.05, 3.63) is 12.7 Å². The Kier molecular flexibility index (Phi) is 14.7. The van der Waals surface area contributed by atoms with Gasteiger partial charge in [0.15, 0.2) is 0 Å². The van der Waals surface area contributed by atoms with Gasteiger partial charge in [0.25, 0.3) is 0 Å². The van der Waals surface area contributed by atoms with Gasteiger partial charge < -0.3 is 9.47 Å². The van der Waals surface area contributed by atoms with Crippen molar-refractivity contribution in [1.29, 1.82) is 0 Å². The summed E-state index contributed by atoms with van der Waals surface area (Å²) < 4.78 is 9.79. The van der Waals surface area contributed by atoms with E-state index in [0.29, 0.717) is 6.61 Å². The maximum absolute atomic E-state index is 11.4. The first-order chi connectivity index (χ1) is 10.6. The second-order valence-corrected chi connectivity index (χ2v) is 6.27. The van der Waals surface area contributed by atoms with Crippen LogP contribution in [0.2, 0.25) is 0 Å². The molecule has 4 nitrogen and oxygen atoms in total. The van der Waals surface area contributed by atoms with E-state index in [4.69, 9.17) is 32.7 Å². The molecule has 0 radical (unpaired) electrons. The summed E-state index contributed by atoms with van der Waals surface area (Å²) >= 11 is 10.8. The van der Waals surface area contributed by atoms with Gasteiger partial charge in [-0.25, -0.2) is 0 Å². The summed E-state index contributed by atoms with van der Waals surface area (Å²) in [6.07, 6.45) is 9.72. The minimum Gasteiger partial charge on any atom is -0.466 e. The van der Waals surface area contributed by atoms with E-state index in [2.05, 4.69) is 6.58 Å². The maximum Gasteiger partial charge on any atom is 0.306 e. The zero-order valence-corrected chi connectivity index (χ0v) is 14.5. The molecule has 0 spiro atoms. The Morgan fingerprint density at radius 3 is 2.05 bits per heavy atom. The summed E-state index contributed by atoms with van der Waals surface area (Å²) in [6.45, 7) is 4.03. The Hall–Kier alpha value is -0.740. The number of halogens is 2. The third-order valence-corrected chi connectivity index (χ3v) is 3.22. The van der Waals surface area contributed by atoms with E-state index in [1.807, 2.05) is 6.08 Å². The first-order valence-electron chi connectivity index (χ1n) is 7.76. The van der Waals surface area contributed by atoms with Crippen LogP contribution >= 0.6 is 23.2 Å². The standard InChI is InChI=1S/C16H26Cl2O4/c1-2-3-4-5-6-7-8-9-12-21-15(19)10-11-16(20)22-13-14(17)18/h2,14H,1,3-13H2. The van der Waals surface area contributed by atoms with Crippen molar-refractivity contribution in [1.82, 2.24) is 0 Å². The molecule has 0 atom stereocenters. The van der Waals surface area contributed by atoms with Gasteiger partial charge in [0.05, 0.1) is 19.4 Å². The predicted octanol–water partition coefficient (Wildman–Crippen LogP) is 4.57. The summed E-state index contributed by atoms with van der Waals surface area (Å²) in [5, 5.41) is 0. The smallest absolute Gasteiger partial charge is 0.306 e. The molecule has 22 heavy (non-hydrogen) atoms. The number of esters is 2. The Morgan fingerprint density at radius 1 is 0.909 bits per heavy atom. The van der Waals surface area contributed by atoms with Gasteiger partial charge in [-0.05, 0) is 19.3 Å². The van der Waals surface area contributed by atoms with Gasteiger partial charge in [0.1, 0.15) is 11.4 Å². The number of carbonyl (C=O) groups excluding carboxylic acids is 2. The number of rotatable bonds is 14. The zero-order chi connectivity index (χ0) is 16.6. The number of hydrogen-bond acceptors (Lipinski definition) is 4. The number of alkyl halides is 2. The molecule has 0 N–H and O–H groups in total. The Morgan fingerprint density at radius 2 is 1.45 bits per heavy atom. The van der Waals surface area contributed by atoms with E-state index in [9.17, 15) is 9.59 Å². The summed E-state index contributed by atoms with van der Waals surface area (Å²) in [6, 6.07) is 0. The average Bonchev–Trinajstić information content (AvgIpc) is 2.49. The Bertz CT molecular complexity index is 319. The van der Waals surface area contributed by atoms with Crippen LogP contribution in [0.5, 0.6) is 0 Å². The lowest BCUT2D eigenvalue weighted by molar-refractivity contribution is -0.150. The van der Waals surface area contributed by atoms with Crippen LogP contribution in [0.1, 0.15) is 57.8 Å². The van der Waals surface area contributed by atoms with Crippen molar-refractivity contribution in [2.24, 2.45) is 0 Å². The first kappa shape index (κ1) is 21.3. The van der Waals surface area contributed by atoms with Gasteiger partial charge in [-0.3, -0.25) is 9.59 Å². The quantitative estimate of drug-likeness (QED) is 0.199. The largest absolute Gasteiger partial charge is 0.466 e. The minimum atomic E-state index is -0.743. The minimum absolute atomic E-state index is 0.0113. The van der Waals surface area contributed by atoms with E-state index in [0.717, 1.165) is 25.7 Å². The van der Waals surface area contributed by atoms with Crippen LogP contribution in [0, 0.1) is 0 Å². The van der Waals surface area contributed by atoms with Crippen molar-refractivity contribution in [3.63, 3.8) is 0 Å². The van der Waals surface area contributed by atoms with Gasteiger partial charge in [-0.15, -0.1) is 29.8 Å². The van der Waals surface area contributed by atoms with Crippen molar-refractivity contribution in [2.45, 2.75) is 62.6 Å². The average molecular weight is 353 g/mol. The third kappa shape index (κ3) is 15.6. The molecule has 0 amide bonds. The number of ether oxygens (including phenoxy) is 2. The van der Waals surface area contributed by atoms with Crippen LogP contribution in [-0.2, 0) is 19.1 Å². The molecule has 0 heterocycles. The van der Waals surface area contributed by atoms with Crippen molar-refractivity contribution in [3.8, 4) is 0 Å². The highest BCUT2D eigenvalue weighted by Crippen LogP contribution is 2.08. The molecule has 0 aromatic rings. The molecule has 0 aromatic heterocycles. The fourth-order valence-electron chi connectivity index (χ4n) is 1.79. The monoisotopic (exact) mass is 352 g/mol. The van der Waals surface area contributed by atoms with Crippen LogP contribution in [0.4, 0.5) is 0 Å². The number of allylic oxidation sites excluding steroid dienone is 1. The first-order valence-corrected chi connectivity index (χ1v) is 8.64. The molecule has 0 aliphatic rings. The Labute approximate surface area is 143 Å². The lowest BCUT2D eigenvalue weighted by Crippen LogP contribution is -2.13. The number of carbonyl (C=O) groups is 2. The second-order valence-electron chi connectivity index (χ2n) is 4.99. The predicted molar refractivity (Wildman–Crippen MR) is 89.2 cm³/mol. The fraction of sp³-hybridized carbons (Fsp3) is 0.750. The molecule has 0 saturated carbocycles. The van der Waals surface area contributed by atoms with Crippen LogP contribution in [0.3, 0.4) is 0 Å². The SMILES string of the molecule is C=CCCCCCCCCOC(=O)CCC(=O)OCC(Cl)Cl. The topological polar surface area (TPSA) is 52.6 Å². The van der Waals surface area contributed by atoms with Crippen LogP contribution < -0.4 is 0 Å². The van der Waals surface area contributed by atoms with Gasteiger partial charge in [-0.2, -0.15) is 0 Å². The lowest BCUT2D eigenvalue weighted by Gasteiger charge is -2.06. The molecular formula is C16H26Cl2O4. The summed E-state index contributed by atoms with van der Waals surface area (Å²) in [5.41, 5.74) is 0. The molecule has 0 bridgehead atoms. The zero-order valence-electron chi connectivity index (χ0n) is 13.0. The number of unbranched alkanes of at least 4 members (excludes halogenated alkanes) is 6.